The Balaban J connectivity index is 1.57. The summed E-state index contributed by atoms with van der Waals surface area (Å²) >= 11 is 13.2. The van der Waals surface area contributed by atoms with Crippen LogP contribution in [0.2, 0.25) is 5.02 Å². The van der Waals surface area contributed by atoms with E-state index in [0.717, 1.165) is 0 Å². The first kappa shape index (κ1) is 17.4. The number of thiocarbonyl (C=S) groups is 1. The first-order valence-electron chi connectivity index (χ1n) is 7.93. The van der Waals surface area contributed by atoms with Gasteiger partial charge in [-0.15, -0.1) is 11.3 Å². The molecular weight excluding hydrogens is 394 g/mol. The lowest BCUT2D eigenvalue weighted by Crippen LogP contribution is -2.44. The largest absolute Gasteiger partial charge is 0.377 e. The highest BCUT2D eigenvalue weighted by molar-refractivity contribution is 7.80. The van der Waals surface area contributed by atoms with Gasteiger partial charge in [0.1, 0.15) is 6.04 Å². The standard InChI is InChI=1S/C17H14ClN3O3S2/c18-11-8-10(19-15(22)14-2-1-7-26-14)3-4-12(11)21-16(23)13-9-24-6-5-20(13)17(21)25/h1-4,7-8,13H,5-6,9H2,(H,19,22). The highest BCUT2D eigenvalue weighted by Crippen LogP contribution is 2.34. The van der Waals surface area contributed by atoms with Crippen molar-refractivity contribution in [3.8, 4) is 0 Å². The van der Waals surface area contributed by atoms with Crippen LogP contribution < -0.4 is 10.2 Å². The fraction of sp³-hybridized carbons (Fsp3) is 0.235. The van der Waals surface area contributed by atoms with E-state index in [4.69, 9.17) is 28.6 Å². The maximum atomic E-state index is 12.7. The number of ether oxygens (including phenoxy) is 1. The highest BCUT2D eigenvalue weighted by Gasteiger charge is 2.45. The lowest BCUT2D eigenvalue weighted by atomic mass is 10.2. The van der Waals surface area contributed by atoms with Crippen molar-refractivity contribution in [1.29, 1.82) is 0 Å². The summed E-state index contributed by atoms with van der Waals surface area (Å²) < 4.78 is 5.39. The van der Waals surface area contributed by atoms with E-state index < -0.39 is 6.04 Å². The molecule has 1 unspecified atom stereocenters. The molecule has 0 bridgehead atoms. The van der Waals surface area contributed by atoms with Crippen LogP contribution in [0.4, 0.5) is 11.4 Å². The Morgan fingerprint density at radius 1 is 1.38 bits per heavy atom. The number of carbonyl (C=O) groups is 2. The number of anilines is 2. The number of thiophene rings is 1. The Bertz CT molecular complexity index is 863. The second-order valence-electron chi connectivity index (χ2n) is 5.84. The Labute approximate surface area is 164 Å². The van der Waals surface area contributed by atoms with Crippen molar-refractivity contribution in [1.82, 2.24) is 4.90 Å². The smallest absolute Gasteiger partial charge is 0.265 e. The summed E-state index contributed by atoms with van der Waals surface area (Å²) in [4.78, 5) is 28.8. The van der Waals surface area contributed by atoms with Crippen molar-refractivity contribution < 1.29 is 14.3 Å². The van der Waals surface area contributed by atoms with Gasteiger partial charge < -0.3 is 15.0 Å². The van der Waals surface area contributed by atoms with Gasteiger partial charge in [0.2, 0.25) is 0 Å². The van der Waals surface area contributed by atoms with Crippen molar-refractivity contribution in [2.45, 2.75) is 6.04 Å². The number of halogens is 1. The van der Waals surface area contributed by atoms with Crippen molar-refractivity contribution in [3.05, 3.63) is 45.6 Å². The monoisotopic (exact) mass is 407 g/mol. The molecule has 1 aromatic carbocycles. The second kappa shape index (κ2) is 6.96. The van der Waals surface area contributed by atoms with Crippen molar-refractivity contribution >= 4 is 63.5 Å². The van der Waals surface area contributed by atoms with Crippen LogP contribution in [0.5, 0.6) is 0 Å². The molecule has 0 saturated carbocycles. The lowest BCUT2D eigenvalue weighted by molar-refractivity contribution is -0.123. The second-order valence-corrected chi connectivity index (χ2v) is 7.56. The minimum atomic E-state index is -0.398. The normalized spacial score (nSPS) is 19.7. The number of morpholine rings is 1. The van der Waals surface area contributed by atoms with Gasteiger partial charge >= 0.3 is 0 Å². The molecule has 9 heteroatoms. The molecule has 0 radical (unpaired) electrons. The number of carbonyl (C=O) groups excluding carboxylic acids is 2. The van der Waals surface area contributed by atoms with Crippen LogP contribution in [0.25, 0.3) is 0 Å². The molecule has 1 atom stereocenters. The van der Waals surface area contributed by atoms with E-state index in [0.29, 0.717) is 46.1 Å². The molecule has 1 N–H and O–H groups in total. The minimum Gasteiger partial charge on any atom is -0.377 e. The average Bonchev–Trinajstić information content (AvgIpc) is 3.25. The molecule has 1 aromatic heterocycles. The first-order valence-corrected chi connectivity index (χ1v) is 9.59. The number of fused-ring (bicyclic) bond motifs is 1. The molecule has 6 nitrogen and oxygen atoms in total. The Morgan fingerprint density at radius 3 is 2.92 bits per heavy atom. The number of nitrogens with one attached hydrogen (secondary N) is 1. The van der Waals surface area contributed by atoms with Gasteiger partial charge in [0.25, 0.3) is 11.8 Å². The molecule has 4 rings (SSSR count). The number of nitrogens with zero attached hydrogens (tertiary/aromatic N) is 2. The number of benzene rings is 1. The number of hydrogen-bond acceptors (Lipinski definition) is 5. The average molecular weight is 408 g/mol. The maximum Gasteiger partial charge on any atom is 0.265 e. The molecule has 2 aliphatic rings. The summed E-state index contributed by atoms with van der Waals surface area (Å²) in [5.74, 6) is -0.349. The Morgan fingerprint density at radius 2 is 2.23 bits per heavy atom. The van der Waals surface area contributed by atoms with E-state index in [1.54, 1.807) is 24.3 Å². The summed E-state index contributed by atoms with van der Waals surface area (Å²) in [6, 6.07) is 8.17. The van der Waals surface area contributed by atoms with Gasteiger partial charge in [-0.3, -0.25) is 14.5 Å². The van der Waals surface area contributed by atoms with Gasteiger partial charge in [0.15, 0.2) is 5.11 Å². The van der Waals surface area contributed by atoms with Gasteiger partial charge in [-0.05, 0) is 41.9 Å². The predicted octanol–water partition coefficient (Wildman–Crippen LogP) is 2.99. The topological polar surface area (TPSA) is 61.9 Å². The third-order valence-electron chi connectivity index (χ3n) is 4.26. The van der Waals surface area contributed by atoms with E-state index in [1.807, 2.05) is 16.3 Å². The molecule has 2 fully saturated rings. The quantitative estimate of drug-likeness (QED) is 0.792. The first-order chi connectivity index (χ1) is 12.6. The van der Waals surface area contributed by atoms with Crippen molar-refractivity contribution in [3.63, 3.8) is 0 Å². The lowest BCUT2D eigenvalue weighted by Gasteiger charge is -2.28. The molecule has 2 saturated heterocycles. The fourth-order valence-corrected chi connectivity index (χ4v) is 4.29. The highest BCUT2D eigenvalue weighted by atomic mass is 35.5. The summed E-state index contributed by atoms with van der Waals surface area (Å²) in [6.07, 6.45) is 0. The predicted molar refractivity (Wildman–Crippen MR) is 105 cm³/mol. The molecule has 2 aromatic rings. The van der Waals surface area contributed by atoms with Crippen molar-refractivity contribution in [2.24, 2.45) is 0 Å². The molecule has 26 heavy (non-hydrogen) atoms. The number of rotatable bonds is 3. The van der Waals surface area contributed by atoms with E-state index in [-0.39, 0.29) is 11.8 Å². The summed E-state index contributed by atoms with van der Waals surface area (Å²) in [5.41, 5.74) is 1.06. The molecule has 134 valence electrons. The van der Waals surface area contributed by atoms with Crippen LogP contribution in [0.15, 0.2) is 35.7 Å². The van der Waals surface area contributed by atoms with Crippen LogP contribution in [-0.4, -0.2) is 47.6 Å². The minimum absolute atomic E-state index is 0.146. The SMILES string of the molecule is O=C(Nc1ccc(N2C(=O)C3COCCN3C2=S)c(Cl)c1)c1cccs1. The summed E-state index contributed by atoms with van der Waals surface area (Å²) in [6.45, 7) is 1.44. The summed E-state index contributed by atoms with van der Waals surface area (Å²) in [7, 11) is 0. The van der Waals surface area contributed by atoms with Crippen LogP contribution in [0.3, 0.4) is 0 Å². The molecule has 2 amide bonds. The zero-order valence-electron chi connectivity index (χ0n) is 13.5. The van der Waals surface area contributed by atoms with Gasteiger partial charge in [-0.25, -0.2) is 0 Å². The van der Waals surface area contributed by atoms with E-state index in [2.05, 4.69) is 5.32 Å². The van der Waals surface area contributed by atoms with Gasteiger partial charge in [0, 0.05) is 12.2 Å². The Hall–Kier alpha value is -2.00. The summed E-state index contributed by atoms with van der Waals surface area (Å²) in [5, 5.41) is 5.40. The zero-order chi connectivity index (χ0) is 18.3. The van der Waals surface area contributed by atoms with Gasteiger partial charge in [-0.2, -0.15) is 0 Å². The number of amides is 2. The molecule has 0 spiro atoms. The van der Waals surface area contributed by atoms with E-state index in [1.165, 1.54) is 16.2 Å². The van der Waals surface area contributed by atoms with Crippen LogP contribution in [0.1, 0.15) is 9.67 Å². The fourth-order valence-electron chi connectivity index (χ4n) is 3.00. The molecule has 0 aliphatic carbocycles. The molecule has 2 aliphatic heterocycles. The van der Waals surface area contributed by atoms with Crippen LogP contribution >= 0.6 is 35.2 Å². The van der Waals surface area contributed by atoms with E-state index in [9.17, 15) is 9.59 Å². The third kappa shape index (κ3) is 2.99. The molecule has 3 heterocycles. The van der Waals surface area contributed by atoms with Crippen LogP contribution in [-0.2, 0) is 9.53 Å². The van der Waals surface area contributed by atoms with Gasteiger partial charge in [0.05, 0.1) is 28.8 Å². The molecular formula is C17H14ClN3O3S2. The van der Waals surface area contributed by atoms with Crippen molar-refractivity contribution in [2.75, 3.05) is 30.0 Å². The van der Waals surface area contributed by atoms with Crippen LogP contribution in [0, 0.1) is 0 Å². The maximum absolute atomic E-state index is 12.7. The Kier molecular flexibility index (Phi) is 4.66. The zero-order valence-corrected chi connectivity index (χ0v) is 15.9. The van der Waals surface area contributed by atoms with E-state index >= 15 is 0 Å². The number of hydrogen-bond donors (Lipinski definition) is 1. The van der Waals surface area contributed by atoms with Gasteiger partial charge in [-0.1, -0.05) is 17.7 Å². The third-order valence-corrected chi connectivity index (χ3v) is 5.85.